The highest BCUT2D eigenvalue weighted by Crippen LogP contribution is 2.38. The largest absolute Gasteiger partial charge is 0.490 e. The lowest BCUT2D eigenvalue weighted by Gasteiger charge is -2.45. The van der Waals surface area contributed by atoms with Crippen molar-refractivity contribution in [1.29, 1.82) is 5.41 Å². The molecule has 2 heterocycles. The summed E-state index contributed by atoms with van der Waals surface area (Å²) in [6.45, 7) is 4.24. The van der Waals surface area contributed by atoms with Crippen molar-refractivity contribution in [2.75, 3.05) is 11.9 Å². The summed E-state index contributed by atoms with van der Waals surface area (Å²) in [5.41, 5.74) is -0.462. The van der Waals surface area contributed by atoms with Crippen molar-refractivity contribution in [2.45, 2.75) is 57.0 Å². The molecule has 9 nitrogen and oxygen atoms in total. The summed E-state index contributed by atoms with van der Waals surface area (Å²) in [7, 11) is 0. The highest BCUT2D eigenvalue weighted by Gasteiger charge is 2.44. The smallest absolute Gasteiger partial charge is 0.475 e. The van der Waals surface area contributed by atoms with Crippen molar-refractivity contribution in [3.8, 4) is 0 Å². The van der Waals surface area contributed by atoms with E-state index in [0.29, 0.717) is 31.1 Å². The van der Waals surface area contributed by atoms with E-state index in [2.05, 4.69) is 10.6 Å². The number of carbonyl (C=O) groups is 3. The molecule has 0 spiro atoms. The SMILES string of the molecule is C[C@@H]1C[C@H](N2C(=N)N[C@](C)(c3cccc(NC(=O)c4cc(F)cc(F)c4)c3Cl)CC2=O)CCO1.O=C(O)C(F)(F)F. The highest BCUT2D eigenvalue weighted by atomic mass is 35.5. The highest BCUT2D eigenvalue weighted by molar-refractivity contribution is 6.35. The normalized spacial score (nSPS) is 22.8. The van der Waals surface area contributed by atoms with Gasteiger partial charge in [-0.15, -0.1) is 0 Å². The maximum atomic E-state index is 13.5. The number of nitrogens with zero attached hydrogens (tertiary/aromatic N) is 1. The van der Waals surface area contributed by atoms with Gasteiger partial charge >= 0.3 is 12.1 Å². The maximum absolute atomic E-state index is 13.5. The zero-order valence-electron chi connectivity index (χ0n) is 21.7. The molecule has 15 heteroatoms. The van der Waals surface area contributed by atoms with Crippen molar-refractivity contribution in [3.05, 3.63) is 64.2 Å². The van der Waals surface area contributed by atoms with E-state index in [-0.39, 0.29) is 46.7 Å². The van der Waals surface area contributed by atoms with Gasteiger partial charge in [0.1, 0.15) is 11.6 Å². The molecule has 2 amide bonds. The van der Waals surface area contributed by atoms with Gasteiger partial charge < -0.3 is 20.5 Å². The third-order valence-electron chi connectivity index (χ3n) is 6.44. The second-order valence-corrected chi connectivity index (χ2v) is 10.1. The minimum atomic E-state index is -5.08. The van der Waals surface area contributed by atoms with Crippen LogP contribution in [-0.2, 0) is 19.9 Å². The lowest BCUT2D eigenvalue weighted by Crippen LogP contribution is -2.63. The van der Waals surface area contributed by atoms with Crippen LogP contribution in [0.15, 0.2) is 36.4 Å². The molecule has 0 radical (unpaired) electrons. The first-order valence-electron chi connectivity index (χ1n) is 12.2. The van der Waals surface area contributed by atoms with E-state index in [9.17, 15) is 31.5 Å². The van der Waals surface area contributed by atoms with Crippen LogP contribution in [0.2, 0.25) is 5.02 Å². The quantitative estimate of drug-likeness (QED) is 0.362. The van der Waals surface area contributed by atoms with E-state index < -0.39 is 35.2 Å². The van der Waals surface area contributed by atoms with Crippen LogP contribution in [0, 0.1) is 17.0 Å². The van der Waals surface area contributed by atoms with Crippen LogP contribution in [0.1, 0.15) is 49.0 Å². The second-order valence-electron chi connectivity index (χ2n) is 9.69. The number of carbonyl (C=O) groups excluding carboxylic acids is 2. The topological polar surface area (TPSA) is 132 Å². The third kappa shape index (κ3) is 7.70. The van der Waals surface area contributed by atoms with E-state index in [1.165, 1.54) is 4.90 Å². The van der Waals surface area contributed by atoms with Crippen LogP contribution in [0.4, 0.5) is 27.6 Å². The van der Waals surface area contributed by atoms with Gasteiger partial charge in [0.05, 0.1) is 28.8 Å². The number of hydrogen-bond acceptors (Lipinski definition) is 5. The molecule has 2 aromatic rings. The lowest BCUT2D eigenvalue weighted by atomic mass is 9.85. The molecular weight excluding hydrogens is 579 g/mol. The number of anilines is 1. The molecule has 2 saturated heterocycles. The first-order chi connectivity index (χ1) is 19.0. The number of nitrogens with one attached hydrogen (secondary N) is 3. The first-order valence-corrected chi connectivity index (χ1v) is 12.6. The molecule has 3 atom stereocenters. The molecular formula is C26H26ClF5N4O5. The summed E-state index contributed by atoms with van der Waals surface area (Å²) in [6.07, 6.45) is -3.73. The number of carboxylic acids is 1. The van der Waals surface area contributed by atoms with Crippen LogP contribution >= 0.6 is 11.6 Å². The molecule has 2 fully saturated rings. The Kier molecular flexibility index (Phi) is 9.59. The molecule has 0 aromatic heterocycles. The molecule has 0 bridgehead atoms. The van der Waals surface area contributed by atoms with E-state index >= 15 is 0 Å². The summed E-state index contributed by atoms with van der Waals surface area (Å²) >= 11 is 6.61. The minimum Gasteiger partial charge on any atom is -0.475 e. The predicted octanol–water partition coefficient (Wildman–Crippen LogP) is 5.04. The van der Waals surface area contributed by atoms with Gasteiger partial charge in [-0.05, 0) is 50.5 Å². The summed E-state index contributed by atoms with van der Waals surface area (Å²) in [5, 5.41) is 21.5. The Labute approximate surface area is 236 Å². The molecule has 222 valence electrons. The number of rotatable bonds is 4. The number of hydrogen-bond donors (Lipinski definition) is 4. The Morgan fingerprint density at radius 1 is 1.22 bits per heavy atom. The monoisotopic (exact) mass is 604 g/mol. The molecule has 2 aliphatic rings. The van der Waals surface area contributed by atoms with Crippen molar-refractivity contribution in [2.24, 2.45) is 0 Å². The molecule has 0 aliphatic carbocycles. The molecule has 4 N–H and O–H groups in total. The van der Waals surface area contributed by atoms with Crippen LogP contribution in [0.25, 0.3) is 0 Å². The van der Waals surface area contributed by atoms with Crippen LogP contribution in [0.3, 0.4) is 0 Å². The zero-order chi connectivity index (χ0) is 30.7. The Balaban J connectivity index is 0.000000587. The molecule has 2 aromatic carbocycles. The number of amides is 2. The Morgan fingerprint density at radius 3 is 2.37 bits per heavy atom. The van der Waals surface area contributed by atoms with E-state index in [4.69, 9.17) is 31.6 Å². The number of benzene rings is 2. The molecule has 0 unspecified atom stereocenters. The first kappa shape index (κ1) is 31.7. The van der Waals surface area contributed by atoms with Gasteiger partial charge in [-0.25, -0.2) is 13.6 Å². The fourth-order valence-corrected chi connectivity index (χ4v) is 4.95. The van der Waals surface area contributed by atoms with E-state index in [1.807, 2.05) is 6.92 Å². The molecule has 41 heavy (non-hydrogen) atoms. The fraction of sp³-hybridized carbons (Fsp3) is 0.385. The van der Waals surface area contributed by atoms with Crippen molar-refractivity contribution >= 4 is 41.0 Å². The zero-order valence-corrected chi connectivity index (χ0v) is 22.5. The van der Waals surface area contributed by atoms with Gasteiger partial charge in [0.25, 0.3) is 5.91 Å². The average Bonchev–Trinajstić information content (AvgIpc) is 2.84. The van der Waals surface area contributed by atoms with Gasteiger partial charge in [-0.2, -0.15) is 13.2 Å². The number of aliphatic carboxylic acids is 1. The average molecular weight is 605 g/mol. The minimum absolute atomic E-state index is 0.00830. The van der Waals surface area contributed by atoms with Crippen LogP contribution in [-0.4, -0.2) is 58.7 Å². The summed E-state index contributed by atoms with van der Waals surface area (Å²) in [4.78, 5) is 36.1. The third-order valence-corrected chi connectivity index (χ3v) is 6.85. The van der Waals surface area contributed by atoms with Crippen LogP contribution in [0.5, 0.6) is 0 Å². The second kappa shape index (κ2) is 12.4. The molecule has 4 rings (SSSR count). The van der Waals surface area contributed by atoms with Crippen LogP contribution < -0.4 is 10.6 Å². The lowest BCUT2D eigenvalue weighted by molar-refractivity contribution is -0.192. The van der Waals surface area contributed by atoms with E-state index in [1.54, 1.807) is 25.1 Å². The summed E-state index contributed by atoms with van der Waals surface area (Å²) in [6, 6.07) is 7.31. The number of alkyl halides is 3. The predicted molar refractivity (Wildman–Crippen MR) is 138 cm³/mol. The fourth-order valence-electron chi connectivity index (χ4n) is 4.57. The Morgan fingerprint density at radius 2 is 1.83 bits per heavy atom. The van der Waals surface area contributed by atoms with Crippen molar-refractivity contribution < 1.29 is 46.2 Å². The van der Waals surface area contributed by atoms with Gasteiger partial charge in [0.15, 0.2) is 5.96 Å². The summed E-state index contributed by atoms with van der Waals surface area (Å²) < 4.78 is 64.3. The number of halogens is 6. The Hall–Kier alpha value is -3.78. The number of carboxylic acid groups (broad SMARTS) is 1. The Bertz CT molecular complexity index is 1320. The standard InChI is InChI=1S/C24H25ClF2N4O3.C2HF3O2/c1-13-8-17(6-7-34-13)31-20(32)12-24(2,30-23(31)28)18-4-3-5-19(21(18)25)29-22(33)14-9-15(26)11-16(27)10-14;3-2(4,5)1(6)7/h3-5,9-11,13,17H,6-8,12H2,1-2H3,(H2,28,30)(H,29,33);(H,6,7)/t13-,17-,24+;/m1./s1. The van der Waals surface area contributed by atoms with Gasteiger partial charge in [0, 0.05) is 24.3 Å². The van der Waals surface area contributed by atoms with E-state index in [0.717, 1.165) is 12.1 Å². The van der Waals surface area contributed by atoms with Crippen molar-refractivity contribution in [1.82, 2.24) is 10.2 Å². The van der Waals surface area contributed by atoms with Gasteiger partial charge in [-0.1, -0.05) is 23.7 Å². The number of guanidine groups is 1. The van der Waals surface area contributed by atoms with Crippen molar-refractivity contribution in [3.63, 3.8) is 0 Å². The summed E-state index contributed by atoms with van der Waals surface area (Å²) in [5.74, 6) is -5.45. The molecule has 0 saturated carbocycles. The van der Waals surface area contributed by atoms with Gasteiger partial charge in [0.2, 0.25) is 5.91 Å². The molecule has 2 aliphatic heterocycles. The van der Waals surface area contributed by atoms with Gasteiger partial charge in [-0.3, -0.25) is 19.9 Å². The number of ether oxygens (including phenoxy) is 1. The maximum Gasteiger partial charge on any atom is 0.490 e.